The highest BCUT2D eigenvalue weighted by Gasteiger charge is 2.31. The lowest BCUT2D eigenvalue weighted by Gasteiger charge is -2.35. The Balaban J connectivity index is 1.65. The second kappa shape index (κ2) is 6.16. The first kappa shape index (κ1) is 13.9. The molecule has 2 atom stereocenters. The summed E-state index contributed by atoms with van der Waals surface area (Å²) in [7, 11) is 0. The van der Waals surface area contributed by atoms with E-state index >= 15 is 0 Å². The van der Waals surface area contributed by atoms with Gasteiger partial charge in [-0.05, 0) is 25.0 Å². The van der Waals surface area contributed by atoms with E-state index in [1.54, 1.807) is 0 Å². The minimum Gasteiger partial charge on any atom is -0.375 e. The van der Waals surface area contributed by atoms with Gasteiger partial charge in [0, 0.05) is 31.8 Å². The molecule has 2 aliphatic rings. The number of nitrogens with zero attached hydrogens (tertiary/aromatic N) is 1. The number of rotatable bonds is 3. The maximum atomic E-state index is 13.7. The summed E-state index contributed by atoms with van der Waals surface area (Å²) in [6, 6.07) is 4.00. The number of benzene rings is 1. The zero-order valence-corrected chi connectivity index (χ0v) is 11.4. The van der Waals surface area contributed by atoms with Crippen molar-refractivity contribution in [1.29, 1.82) is 0 Å². The Morgan fingerprint density at radius 1 is 1.10 bits per heavy atom. The van der Waals surface area contributed by atoms with Crippen molar-refractivity contribution in [3.05, 3.63) is 35.4 Å². The van der Waals surface area contributed by atoms with Crippen LogP contribution in [0.2, 0.25) is 0 Å². The zero-order chi connectivity index (χ0) is 13.9. The summed E-state index contributed by atoms with van der Waals surface area (Å²) in [5.74, 6) is -0.963. The first-order valence-electron chi connectivity index (χ1n) is 7.12. The van der Waals surface area contributed by atoms with Crippen LogP contribution in [0, 0.1) is 11.6 Å². The van der Waals surface area contributed by atoms with E-state index in [4.69, 9.17) is 9.47 Å². The van der Waals surface area contributed by atoms with Crippen LogP contribution in [0.3, 0.4) is 0 Å². The van der Waals surface area contributed by atoms with Crippen LogP contribution < -0.4 is 0 Å². The molecule has 3 nitrogen and oxygen atoms in total. The summed E-state index contributed by atoms with van der Waals surface area (Å²) in [5, 5.41) is 0. The quantitative estimate of drug-likeness (QED) is 0.850. The van der Waals surface area contributed by atoms with Gasteiger partial charge in [0.05, 0.1) is 18.8 Å². The summed E-state index contributed by atoms with van der Waals surface area (Å²) in [4.78, 5) is 2.04. The second-order valence-corrected chi connectivity index (χ2v) is 5.40. The molecule has 0 bridgehead atoms. The number of morpholine rings is 1. The number of halogens is 2. The van der Waals surface area contributed by atoms with Crippen LogP contribution in [0.1, 0.15) is 18.4 Å². The summed E-state index contributed by atoms with van der Waals surface area (Å²) in [5.41, 5.74) is 0.139. The van der Waals surface area contributed by atoms with Crippen LogP contribution in [0.15, 0.2) is 18.2 Å². The number of ether oxygens (including phenoxy) is 2. The lowest BCUT2D eigenvalue weighted by atomic mass is 10.1. The molecule has 2 fully saturated rings. The molecule has 110 valence electrons. The lowest BCUT2D eigenvalue weighted by molar-refractivity contribution is -0.0962. The molecule has 1 aromatic rings. The fraction of sp³-hybridized carbons (Fsp3) is 0.600. The van der Waals surface area contributed by atoms with Crippen molar-refractivity contribution in [2.24, 2.45) is 0 Å². The third kappa shape index (κ3) is 3.00. The van der Waals surface area contributed by atoms with Gasteiger partial charge in [0.1, 0.15) is 11.6 Å². The van der Waals surface area contributed by atoms with Gasteiger partial charge in [0.2, 0.25) is 0 Å². The molecule has 0 aromatic heterocycles. The third-order valence-electron chi connectivity index (χ3n) is 4.00. The summed E-state index contributed by atoms with van der Waals surface area (Å²) in [6.07, 6.45) is 2.21. The zero-order valence-electron chi connectivity index (χ0n) is 11.4. The fourth-order valence-electron chi connectivity index (χ4n) is 2.90. The summed E-state index contributed by atoms with van der Waals surface area (Å²) >= 11 is 0. The monoisotopic (exact) mass is 283 g/mol. The molecule has 0 aliphatic carbocycles. The van der Waals surface area contributed by atoms with Crippen molar-refractivity contribution in [2.45, 2.75) is 31.6 Å². The van der Waals surface area contributed by atoms with Gasteiger partial charge in [0.25, 0.3) is 0 Å². The highest BCUT2D eigenvalue weighted by Crippen LogP contribution is 2.22. The molecule has 0 N–H and O–H groups in total. The molecule has 0 spiro atoms. The Morgan fingerprint density at radius 2 is 1.85 bits per heavy atom. The van der Waals surface area contributed by atoms with Gasteiger partial charge in [-0.25, -0.2) is 8.78 Å². The molecule has 20 heavy (non-hydrogen) atoms. The van der Waals surface area contributed by atoms with Crippen LogP contribution in [-0.2, 0) is 16.0 Å². The molecule has 0 unspecified atom stereocenters. The largest absolute Gasteiger partial charge is 0.375 e. The number of hydrogen-bond acceptors (Lipinski definition) is 3. The Bertz CT molecular complexity index is 443. The van der Waals surface area contributed by atoms with Crippen LogP contribution in [0.25, 0.3) is 0 Å². The Kier molecular flexibility index (Phi) is 4.29. The Morgan fingerprint density at radius 3 is 2.55 bits per heavy atom. The van der Waals surface area contributed by atoms with E-state index in [1.807, 2.05) is 4.90 Å². The first-order valence-corrected chi connectivity index (χ1v) is 7.12. The van der Waals surface area contributed by atoms with E-state index in [9.17, 15) is 8.78 Å². The fourth-order valence-corrected chi connectivity index (χ4v) is 2.90. The molecule has 3 rings (SSSR count). The summed E-state index contributed by atoms with van der Waals surface area (Å²) < 4.78 is 38.7. The van der Waals surface area contributed by atoms with Gasteiger partial charge < -0.3 is 9.47 Å². The van der Waals surface area contributed by atoms with Crippen molar-refractivity contribution < 1.29 is 18.3 Å². The molecule has 2 aliphatic heterocycles. The molecule has 0 saturated carbocycles. The van der Waals surface area contributed by atoms with Crippen molar-refractivity contribution >= 4 is 0 Å². The van der Waals surface area contributed by atoms with Crippen molar-refractivity contribution in [2.75, 3.05) is 26.3 Å². The maximum absolute atomic E-state index is 13.7. The van der Waals surface area contributed by atoms with Crippen LogP contribution in [0.5, 0.6) is 0 Å². The van der Waals surface area contributed by atoms with E-state index in [2.05, 4.69) is 0 Å². The first-order chi connectivity index (χ1) is 9.74. The predicted octanol–water partition coefficient (Wildman–Crippen LogP) is 2.34. The van der Waals surface area contributed by atoms with Gasteiger partial charge in [-0.2, -0.15) is 0 Å². The summed E-state index contributed by atoms with van der Waals surface area (Å²) in [6.45, 7) is 3.01. The molecular weight excluding hydrogens is 264 g/mol. The van der Waals surface area contributed by atoms with E-state index in [1.165, 1.54) is 18.2 Å². The highest BCUT2D eigenvalue weighted by atomic mass is 19.1. The van der Waals surface area contributed by atoms with Crippen molar-refractivity contribution in [3.63, 3.8) is 0 Å². The molecule has 1 aromatic carbocycles. The average Bonchev–Trinajstić information content (AvgIpc) is 2.98. The van der Waals surface area contributed by atoms with Gasteiger partial charge in [-0.1, -0.05) is 6.07 Å². The lowest BCUT2D eigenvalue weighted by Crippen LogP contribution is -2.47. The van der Waals surface area contributed by atoms with Gasteiger partial charge >= 0.3 is 0 Å². The van der Waals surface area contributed by atoms with E-state index in [0.717, 1.165) is 19.4 Å². The van der Waals surface area contributed by atoms with Crippen LogP contribution >= 0.6 is 0 Å². The van der Waals surface area contributed by atoms with Gasteiger partial charge in [0.15, 0.2) is 0 Å². The molecule has 5 heteroatoms. The standard InChI is InChI=1S/C15H19F2NO2/c16-12-3-1-4-13(17)11(12)9-18-6-8-20-15(10-18)14-5-2-7-19-14/h1,3-4,14-15H,2,5-10H2/t14-,15+/m1/s1. The smallest absolute Gasteiger partial charge is 0.130 e. The van der Waals surface area contributed by atoms with Crippen molar-refractivity contribution in [1.82, 2.24) is 4.90 Å². The minimum absolute atomic E-state index is 0.0149. The van der Waals surface area contributed by atoms with E-state index < -0.39 is 11.6 Å². The SMILES string of the molecule is Fc1cccc(F)c1CN1CCO[C@H]([C@H]2CCCO2)C1. The van der Waals surface area contributed by atoms with Gasteiger partial charge in [-0.3, -0.25) is 4.90 Å². The third-order valence-corrected chi connectivity index (χ3v) is 4.00. The minimum atomic E-state index is -0.481. The normalized spacial score (nSPS) is 27.9. The van der Waals surface area contributed by atoms with Crippen molar-refractivity contribution in [3.8, 4) is 0 Å². The van der Waals surface area contributed by atoms with E-state index in [0.29, 0.717) is 19.7 Å². The average molecular weight is 283 g/mol. The maximum Gasteiger partial charge on any atom is 0.130 e. The van der Waals surface area contributed by atoms with Crippen LogP contribution in [0.4, 0.5) is 8.78 Å². The van der Waals surface area contributed by atoms with Crippen LogP contribution in [-0.4, -0.2) is 43.4 Å². The molecule has 2 saturated heterocycles. The Hall–Kier alpha value is -1.04. The Labute approximate surface area is 117 Å². The topological polar surface area (TPSA) is 21.7 Å². The molecular formula is C15H19F2NO2. The number of hydrogen-bond donors (Lipinski definition) is 0. The predicted molar refractivity (Wildman–Crippen MR) is 70.3 cm³/mol. The van der Waals surface area contributed by atoms with E-state index in [-0.39, 0.29) is 24.3 Å². The second-order valence-electron chi connectivity index (χ2n) is 5.40. The molecule has 0 amide bonds. The van der Waals surface area contributed by atoms with Gasteiger partial charge in [-0.15, -0.1) is 0 Å². The highest BCUT2D eigenvalue weighted by molar-refractivity contribution is 5.19. The molecule has 2 heterocycles. The molecule has 0 radical (unpaired) electrons.